The Balaban J connectivity index is 2.26. The largest absolute Gasteiger partial charge is 0.384 e. The van der Waals surface area contributed by atoms with E-state index in [1.165, 1.54) is 0 Å². The first-order valence-electron chi connectivity index (χ1n) is 6.76. The fraction of sp³-hybridized carbons (Fsp3) is 0.353. The van der Waals surface area contributed by atoms with E-state index in [1.54, 1.807) is 11.8 Å². The first-order chi connectivity index (χ1) is 9.37. The van der Waals surface area contributed by atoms with Crippen LogP contribution in [-0.4, -0.2) is 14.8 Å². The molecule has 0 spiro atoms. The van der Waals surface area contributed by atoms with E-state index >= 15 is 0 Å². The van der Waals surface area contributed by atoms with Gasteiger partial charge in [0.2, 0.25) is 0 Å². The summed E-state index contributed by atoms with van der Waals surface area (Å²) in [6.45, 7) is 8.46. The van der Waals surface area contributed by atoms with Crippen LogP contribution in [0.2, 0.25) is 0 Å². The van der Waals surface area contributed by atoms with E-state index in [-0.39, 0.29) is 4.75 Å². The molecule has 0 aliphatic heterocycles. The van der Waals surface area contributed by atoms with Crippen molar-refractivity contribution in [3.8, 4) is 0 Å². The summed E-state index contributed by atoms with van der Waals surface area (Å²) in [5.41, 5.74) is 2.65. The minimum atomic E-state index is -0.614. The third kappa shape index (κ3) is 3.84. The van der Waals surface area contributed by atoms with Crippen molar-refractivity contribution in [1.29, 1.82) is 0 Å². The molecule has 106 valence electrons. The molecular formula is C17H21NOS. The van der Waals surface area contributed by atoms with Crippen molar-refractivity contribution in [3.05, 3.63) is 59.3 Å². The topological polar surface area (TPSA) is 33.1 Å². The summed E-state index contributed by atoms with van der Waals surface area (Å²) in [4.78, 5) is 4.61. The SMILES string of the molecule is Cc1nc(SC(C)(C)C)ccc1C(O)c1ccccc1. The zero-order chi connectivity index (χ0) is 14.8. The zero-order valence-corrected chi connectivity index (χ0v) is 13.2. The van der Waals surface area contributed by atoms with Crippen LogP contribution in [0.15, 0.2) is 47.5 Å². The van der Waals surface area contributed by atoms with Crippen molar-refractivity contribution in [2.45, 2.75) is 43.6 Å². The van der Waals surface area contributed by atoms with Crippen molar-refractivity contribution in [1.82, 2.24) is 4.98 Å². The van der Waals surface area contributed by atoms with Crippen LogP contribution in [-0.2, 0) is 0 Å². The van der Waals surface area contributed by atoms with Crippen LogP contribution >= 0.6 is 11.8 Å². The first-order valence-corrected chi connectivity index (χ1v) is 7.58. The molecule has 3 heteroatoms. The lowest BCUT2D eigenvalue weighted by atomic mass is 10.0. The van der Waals surface area contributed by atoms with Crippen LogP contribution < -0.4 is 0 Å². The number of aromatic nitrogens is 1. The van der Waals surface area contributed by atoms with Gasteiger partial charge >= 0.3 is 0 Å². The van der Waals surface area contributed by atoms with Crippen LogP contribution in [0.25, 0.3) is 0 Å². The van der Waals surface area contributed by atoms with Crippen LogP contribution in [0.4, 0.5) is 0 Å². The maximum atomic E-state index is 10.4. The number of aliphatic hydroxyl groups is 1. The molecule has 0 saturated carbocycles. The van der Waals surface area contributed by atoms with Gasteiger partial charge < -0.3 is 5.11 Å². The van der Waals surface area contributed by atoms with E-state index in [0.717, 1.165) is 21.8 Å². The van der Waals surface area contributed by atoms with Gasteiger partial charge in [0.15, 0.2) is 0 Å². The van der Waals surface area contributed by atoms with Crippen LogP contribution in [0.5, 0.6) is 0 Å². The third-order valence-electron chi connectivity index (χ3n) is 2.92. The Morgan fingerprint density at radius 3 is 2.25 bits per heavy atom. The van der Waals surface area contributed by atoms with Crippen molar-refractivity contribution in [3.63, 3.8) is 0 Å². The van der Waals surface area contributed by atoms with Gasteiger partial charge in [-0.1, -0.05) is 57.2 Å². The molecule has 1 aromatic carbocycles. The van der Waals surface area contributed by atoms with E-state index in [0.29, 0.717) is 0 Å². The number of benzene rings is 1. The molecule has 0 amide bonds. The number of rotatable bonds is 3. The van der Waals surface area contributed by atoms with Crippen molar-refractivity contribution in [2.24, 2.45) is 0 Å². The Morgan fingerprint density at radius 2 is 1.70 bits per heavy atom. The molecule has 1 aromatic heterocycles. The highest BCUT2D eigenvalue weighted by molar-refractivity contribution is 8.00. The monoisotopic (exact) mass is 287 g/mol. The molecule has 2 rings (SSSR count). The predicted molar refractivity (Wildman–Crippen MR) is 85.1 cm³/mol. The second-order valence-electron chi connectivity index (χ2n) is 5.85. The Bertz CT molecular complexity index is 575. The van der Waals surface area contributed by atoms with E-state index < -0.39 is 6.10 Å². The maximum absolute atomic E-state index is 10.4. The third-order valence-corrected chi connectivity index (χ3v) is 3.97. The summed E-state index contributed by atoms with van der Waals surface area (Å²) < 4.78 is 0.138. The molecule has 1 atom stereocenters. The lowest BCUT2D eigenvalue weighted by Gasteiger charge is -2.19. The average Bonchev–Trinajstić information content (AvgIpc) is 2.37. The summed E-state index contributed by atoms with van der Waals surface area (Å²) in [5, 5.41) is 11.4. The molecule has 2 aromatic rings. The number of aliphatic hydroxyl groups excluding tert-OH is 1. The first kappa shape index (κ1) is 15.1. The van der Waals surface area contributed by atoms with Gasteiger partial charge in [0, 0.05) is 16.0 Å². The second-order valence-corrected chi connectivity index (χ2v) is 7.70. The summed E-state index contributed by atoms with van der Waals surface area (Å²) in [6, 6.07) is 13.7. The highest BCUT2D eigenvalue weighted by Gasteiger charge is 2.17. The highest BCUT2D eigenvalue weighted by Crippen LogP contribution is 2.32. The molecule has 0 radical (unpaired) electrons. The van der Waals surface area contributed by atoms with Crippen molar-refractivity contribution in [2.75, 3.05) is 0 Å². The number of pyridine rings is 1. The lowest BCUT2D eigenvalue weighted by molar-refractivity contribution is 0.219. The van der Waals surface area contributed by atoms with Gasteiger partial charge in [-0.3, -0.25) is 0 Å². The summed E-state index contributed by atoms with van der Waals surface area (Å²) in [7, 11) is 0. The van der Waals surface area contributed by atoms with E-state index in [2.05, 4.69) is 25.8 Å². The smallest absolute Gasteiger partial charge is 0.106 e. The maximum Gasteiger partial charge on any atom is 0.106 e. The Labute approximate surface area is 125 Å². The van der Waals surface area contributed by atoms with Crippen molar-refractivity contribution >= 4 is 11.8 Å². The molecule has 20 heavy (non-hydrogen) atoms. The number of hydrogen-bond donors (Lipinski definition) is 1. The molecule has 0 bridgehead atoms. The summed E-state index contributed by atoms with van der Waals surface area (Å²) >= 11 is 1.74. The normalized spacial score (nSPS) is 13.2. The number of hydrogen-bond acceptors (Lipinski definition) is 3. The average molecular weight is 287 g/mol. The van der Waals surface area contributed by atoms with E-state index in [4.69, 9.17) is 0 Å². The zero-order valence-electron chi connectivity index (χ0n) is 12.4. The number of aryl methyl sites for hydroxylation is 1. The van der Waals surface area contributed by atoms with E-state index in [1.807, 2.05) is 49.4 Å². The Hall–Kier alpha value is -1.32. The molecule has 0 aliphatic rings. The minimum Gasteiger partial charge on any atom is -0.384 e. The molecule has 0 aliphatic carbocycles. The quantitative estimate of drug-likeness (QED) is 0.851. The van der Waals surface area contributed by atoms with Crippen LogP contribution in [0.3, 0.4) is 0 Å². The van der Waals surface area contributed by atoms with Crippen LogP contribution in [0, 0.1) is 6.92 Å². The fourth-order valence-electron chi connectivity index (χ4n) is 2.02. The molecule has 0 saturated heterocycles. The number of thioether (sulfide) groups is 1. The lowest BCUT2D eigenvalue weighted by Crippen LogP contribution is -2.09. The molecule has 0 fully saturated rings. The van der Waals surface area contributed by atoms with Crippen molar-refractivity contribution < 1.29 is 5.11 Å². The number of nitrogens with zero attached hydrogens (tertiary/aromatic N) is 1. The molecular weight excluding hydrogens is 266 g/mol. The highest BCUT2D eigenvalue weighted by atomic mass is 32.2. The fourth-order valence-corrected chi connectivity index (χ4v) is 2.97. The van der Waals surface area contributed by atoms with Gasteiger partial charge in [-0.25, -0.2) is 4.98 Å². The standard InChI is InChI=1S/C17H21NOS/c1-12-14(16(19)13-8-6-5-7-9-13)10-11-15(18-12)20-17(2,3)4/h5-11,16,19H,1-4H3. The Kier molecular flexibility index (Phi) is 4.51. The molecule has 1 N–H and O–H groups in total. The van der Waals surface area contributed by atoms with E-state index in [9.17, 15) is 5.11 Å². The Morgan fingerprint density at radius 1 is 1.05 bits per heavy atom. The van der Waals surface area contributed by atoms with Crippen LogP contribution in [0.1, 0.15) is 43.7 Å². The van der Waals surface area contributed by atoms with Gasteiger partial charge in [0.1, 0.15) is 6.10 Å². The van der Waals surface area contributed by atoms with Gasteiger partial charge in [-0.2, -0.15) is 0 Å². The van der Waals surface area contributed by atoms with Gasteiger partial charge in [-0.15, -0.1) is 11.8 Å². The molecule has 2 nitrogen and oxygen atoms in total. The summed E-state index contributed by atoms with van der Waals surface area (Å²) in [6.07, 6.45) is -0.614. The second kappa shape index (κ2) is 5.98. The molecule has 1 unspecified atom stereocenters. The predicted octanol–water partition coefficient (Wildman–Crippen LogP) is 4.36. The van der Waals surface area contributed by atoms with Gasteiger partial charge in [0.25, 0.3) is 0 Å². The van der Waals surface area contributed by atoms with Gasteiger partial charge in [0.05, 0.1) is 5.03 Å². The minimum absolute atomic E-state index is 0.138. The molecule has 1 heterocycles. The summed E-state index contributed by atoms with van der Waals surface area (Å²) in [5.74, 6) is 0. The van der Waals surface area contributed by atoms with Gasteiger partial charge in [-0.05, 0) is 18.6 Å².